The number of halogens is 3. The second kappa shape index (κ2) is 6.44. The Hall–Kier alpha value is -2.48. The smallest absolute Gasteiger partial charge is 0.387 e. The molecule has 3 rings (SSSR count). The van der Waals surface area contributed by atoms with Gasteiger partial charge in [0.15, 0.2) is 11.5 Å². The van der Waals surface area contributed by atoms with Crippen LogP contribution in [0.2, 0.25) is 0 Å². The Bertz CT molecular complexity index is 842. The van der Waals surface area contributed by atoms with Crippen LogP contribution in [0.15, 0.2) is 58.0 Å². The summed E-state index contributed by atoms with van der Waals surface area (Å²) in [7, 11) is 1.54. The molecule has 25 heavy (non-hydrogen) atoms. The Kier molecular flexibility index (Phi) is 4.47. The summed E-state index contributed by atoms with van der Waals surface area (Å²) in [6.45, 7) is -2.92. The number of hydrogen-bond donors (Lipinski definition) is 1. The van der Waals surface area contributed by atoms with Crippen LogP contribution in [0.5, 0.6) is 5.75 Å². The molecule has 0 spiro atoms. The van der Waals surface area contributed by atoms with Gasteiger partial charge in [-0.1, -0.05) is 40.2 Å². The van der Waals surface area contributed by atoms with Gasteiger partial charge in [-0.15, -0.1) is 0 Å². The van der Waals surface area contributed by atoms with Gasteiger partial charge in [0, 0.05) is 11.5 Å². The largest absolute Gasteiger partial charge is 0.435 e. The van der Waals surface area contributed by atoms with Crippen LogP contribution in [0.25, 0.3) is 0 Å². The molecule has 0 aliphatic carbocycles. The highest BCUT2D eigenvalue weighted by molar-refractivity contribution is 9.10. The zero-order chi connectivity index (χ0) is 18.2. The van der Waals surface area contributed by atoms with Gasteiger partial charge in [0.05, 0.1) is 0 Å². The highest BCUT2D eigenvalue weighted by Crippen LogP contribution is 2.40. The number of nitrogens with two attached hydrogens (primary N) is 1. The van der Waals surface area contributed by atoms with Gasteiger partial charge in [-0.2, -0.15) is 8.78 Å². The first-order chi connectivity index (χ1) is 11.8. The average molecular weight is 410 g/mol. The predicted molar refractivity (Wildman–Crippen MR) is 92.4 cm³/mol. The van der Waals surface area contributed by atoms with Crippen molar-refractivity contribution in [2.75, 3.05) is 7.05 Å². The first-order valence-corrected chi connectivity index (χ1v) is 8.09. The number of likely N-dealkylation sites (N-methyl/N-ethyl adjacent to an activating group) is 1. The molecule has 0 bridgehead atoms. The van der Waals surface area contributed by atoms with E-state index in [1.54, 1.807) is 18.2 Å². The van der Waals surface area contributed by atoms with Crippen LogP contribution >= 0.6 is 15.9 Å². The molecule has 1 atom stereocenters. The van der Waals surface area contributed by atoms with E-state index in [0.29, 0.717) is 11.1 Å². The van der Waals surface area contributed by atoms with Gasteiger partial charge in [0.2, 0.25) is 0 Å². The van der Waals surface area contributed by atoms with Crippen LogP contribution < -0.4 is 10.5 Å². The molecule has 0 fully saturated rings. The lowest BCUT2D eigenvalue weighted by Gasteiger charge is -2.26. The molecule has 0 saturated heterocycles. The number of amides is 1. The van der Waals surface area contributed by atoms with Crippen LogP contribution in [0, 0.1) is 0 Å². The molecule has 1 amide bonds. The highest BCUT2D eigenvalue weighted by Gasteiger charge is 2.49. The van der Waals surface area contributed by atoms with E-state index >= 15 is 0 Å². The van der Waals surface area contributed by atoms with Crippen molar-refractivity contribution in [3.05, 3.63) is 64.1 Å². The Morgan fingerprint density at radius 2 is 1.88 bits per heavy atom. The van der Waals surface area contributed by atoms with Gasteiger partial charge < -0.3 is 10.5 Å². The van der Waals surface area contributed by atoms with Crippen molar-refractivity contribution in [1.82, 2.24) is 4.90 Å². The maximum absolute atomic E-state index is 13.0. The number of carbonyl (C=O) groups excluding carboxylic acids is 1. The molecular formula is C17H14BrF2N3O2. The number of ether oxygens (including phenoxy) is 1. The number of aliphatic imine (C=N–C) groups is 1. The van der Waals surface area contributed by atoms with Crippen molar-refractivity contribution in [3.63, 3.8) is 0 Å². The number of hydrogen-bond acceptors (Lipinski definition) is 4. The van der Waals surface area contributed by atoms with Crippen molar-refractivity contribution in [1.29, 1.82) is 0 Å². The van der Waals surface area contributed by atoms with Crippen LogP contribution in [0.1, 0.15) is 11.1 Å². The van der Waals surface area contributed by atoms with E-state index in [0.717, 1.165) is 4.47 Å². The molecule has 1 aliphatic rings. The second-order valence-electron chi connectivity index (χ2n) is 5.46. The quantitative estimate of drug-likeness (QED) is 0.843. The number of carbonyl (C=O) groups is 1. The van der Waals surface area contributed by atoms with Crippen molar-refractivity contribution in [2.45, 2.75) is 12.2 Å². The van der Waals surface area contributed by atoms with Gasteiger partial charge in [-0.3, -0.25) is 9.69 Å². The zero-order valence-electron chi connectivity index (χ0n) is 13.1. The lowest BCUT2D eigenvalue weighted by atomic mass is 9.83. The number of rotatable bonds is 4. The molecule has 130 valence electrons. The van der Waals surface area contributed by atoms with Crippen molar-refractivity contribution in [3.8, 4) is 5.75 Å². The summed E-state index contributed by atoms with van der Waals surface area (Å²) >= 11 is 3.39. The molecule has 0 unspecified atom stereocenters. The summed E-state index contributed by atoms with van der Waals surface area (Å²) in [5.41, 5.74) is 5.62. The number of benzene rings is 2. The first kappa shape index (κ1) is 17.3. The minimum atomic E-state index is -2.92. The molecule has 8 heteroatoms. The van der Waals surface area contributed by atoms with E-state index in [4.69, 9.17) is 5.73 Å². The summed E-state index contributed by atoms with van der Waals surface area (Å²) < 4.78 is 29.8. The number of nitrogens with zero attached hydrogens (tertiary/aromatic N) is 2. The molecule has 0 aromatic heterocycles. The van der Waals surface area contributed by atoms with Gasteiger partial charge in [-0.05, 0) is 35.4 Å². The summed E-state index contributed by atoms with van der Waals surface area (Å²) in [5, 5.41) is 0. The van der Waals surface area contributed by atoms with Crippen molar-refractivity contribution in [2.24, 2.45) is 10.7 Å². The first-order valence-electron chi connectivity index (χ1n) is 7.29. The summed E-state index contributed by atoms with van der Waals surface area (Å²) in [4.78, 5) is 18.7. The topological polar surface area (TPSA) is 67.9 Å². The minimum Gasteiger partial charge on any atom is -0.435 e. The van der Waals surface area contributed by atoms with Gasteiger partial charge in [0.1, 0.15) is 5.75 Å². The zero-order valence-corrected chi connectivity index (χ0v) is 14.7. The molecule has 2 aromatic carbocycles. The molecule has 1 heterocycles. The Morgan fingerprint density at radius 3 is 2.40 bits per heavy atom. The molecule has 0 saturated carbocycles. The van der Waals surface area contributed by atoms with E-state index in [9.17, 15) is 13.6 Å². The lowest BCUT2D eigenvalue weighted by molar-refractivity contribution is -0.129. The third-order valence-corrected chi connectivity index (χ3v) is 4.47. The Morgan fingerprint density at radius 1 is 1.20 bits per heavy atom. The fourth-order valence-corrected chi connectivity index (χ4v) is 3.17. The number of alkyl halides is 2. The summed E-state index contributed by atoms with van der Waals surface area (Å²) in [6.07, 6.45) is 0. The maximum Gasteiger partial charge on any atom is 0.387 e. The van der Waals surface area contributed by atoms with Crippen molar-refractivity contribution < 1.29 is 18.3 Å². The molecule has 2 aromatic rings. The summed E-state index contributed by atoms with van der Waals surface area (Å²) in [5.74, 6) is -0.248. The average Bonchev–Trinajstić information content (AvgIpc) is 2.80. The lowest BCUT2D eigenvalue weighted by Crippen LogP contribution is -2.41. The van der Waals surface area contributed by atoms with Crippen LogP contribution in [0.3, 0.4) is 0 Å². The second-order valence-corrected chi connectivity index (χ2v) is 6.37. The molecule has 2 N–H and O–H groups in total. The standard InChI is InChI=1S/C17H14BrF2N3O2/c1-23-14(24)17(22-16(23)21,11-3-2-4-12(18)9-11)10-5-7-13(8-6-10)25-15(19)20/h2-9,15H,1H3,(H2,21,22)/t17-/m1/s1. The highest BCUT2D eigenvalue weighted by atomic mass is 79.9. The molecule has 1 aliphatic heterocycles. The third-order valence-electron chi connectivity index (χ3n) is 3.98. The van der Waals surface area contributed by atoms with E-state index in [-0.39, 0.29) is 17.6 Å². The SMILES string of the molecule is CN1C(=O)[C@@](c2ccc(OC(F)F)cc2)(c2cccc(Br)c2)N=C1N. The third kappa shape index (κ3) is 2.97. The van der Waals surface area contributed by atoms with E-state index in [1.807, 2.05) is 6.07 Å². The fraction of sp³-hybridized carbons (Fsp3) is 0.176. The maximum atomic E-state index is 13.0. The van der Waals surface area contributed by atoms with Crippen LogP contribution in [0.4, 0.5) is 8.78 Å². The normalized spacial score (nSPS) is 20.1. The van der Waals surface area contributed by atoms with Gasteiger partial charge in [-0.25, -0.2) is 4.99 Å². The van der Waals surface area contributed by atoms with E-state index < -0.39 is 12.2 Å². The molecular weight excluding hydrogens is 396 g/mol. The molecule has 0 radical (unpaired) electrons. The Labute approximate surface area is 151 Å². The van der Waals surface area contributed by atoms with E-state index in [2.05, 4.69) is 25.7 Å². The summed E-state index contributed by atoms with van der Waals surface area (Å²) in [6, 6.07) is 13.0. The predicted octanol–water partition coefficient (Wildman–Crippen LogP) is 3.08. The molecule has 5 nitrogen and oxygen atoms in total. The minimum absolute atomic E-state index is 0.00102. The fourth-order valence-electron chi connectivity index (χ4n) is 2.78. The van der Waals surface area contributed by atoms with Crippen LogP contribution in [-0.2, 0) is 10.3 Å². The number of guanidine groups is 1. The van der Waals surface area contributed by atoms with Gasteiger partial charge in [0.25, 0.3) is 5.91 Å². The van der Waals surface area contributed by atoms with E-state index in [1.165, 1.54) is 36.2 Å². The van der Waals surface area contributed by atoms with Crippen molar-refractivity contribution >= 4 is 27.8 Å². The van der Waals surface area contributed by atoms with Crippen LogP contribution in [-0.4, -0.2) is 30.4 Å². The Balaban J connectivity index is 2.15. The monoisotopic (exact) mass is 409 g/mol. The van der Waals surface area contributed by atoms with Gasteiger partial charge >= 0.3 is 6.61 Å².